The van der Waals surface area contributed by atoms with Crippen LogP contribution in [0.25, 0.3) is 0 Å². The molecular formula is C23H26BrN3O3. The Bertz CT molecular complexity index is 974. The van der Waals surface area contributed by atoms with Crippen LogP contribution in [0.3, 0.4) is 0 Å². The van der Waals surface area contributed by atoms with Crippen molar-refractivity contribution in [3.05, 3.63) is 69.7 Å². The molecule has 6 nitrogen and oxygen atoms in total. The number of nitrogens with zero attached hydrogens (tertiary/aromatic N) is 2. The van der Waals surface area contributed by atoms with E-state index in [1.54, 1.807) is 14.0 Å². The molecule has 0 aliphatic carbocycles. The molecule has 7 heteroatoms. The van der Waals surface area contributed by atoms with Crippen molar-refractivity contribution in [2.75, 3.05) is 13.6 Å². The molecule has 1 unspecified atom stereocenters. The van der Waals surface area contributed by atoms with Gasteiger partial charge in [0.25, 0.3) is 5.91 Å². The molecule has 0 spiro atoms. The topological polar surface area (TPSA) is 69.7 Å². The maximum absolute atomic E-state index is 13.1. The second-order valence-electron chi connectivity index (χ2n) is 8.06. The molecule has 1 heterocycles. The van der Waals surface area contributed by atoms with Crippen LogP contribution in [0.4, 0.5) is 4.79 Å². The van der Waals surface area contributed by atoms with Gasteiger partial charge in [-0.15, -0.1) is 0 Å². The second-order valence-corrected chi connectivity index (χ2v) is 8.92. The van der Waals surface area contributed by atoms with Crippen LogP contribution in [-0.2, 0) is 21.7 Å². The number of hydrogen-bond acceptors (Lipinski definition) is 3. The zero-order valence-electron chi connectivity index (χ0n) is 17.6. The Kier molecular flexibility index (Phi) is 6.31. The van der Waals surface area contributed by atoms with E-state index in [-0.39, 0.29) is 12.5 Å². The highest BCUT2D eigenvalue weighted by atomic mass is 79.9. The van der Waals surface area contributed by atoms with Crippen molar-refractivity contribution >= 4 is 33.8 Å². The minimum absolute atomic E-state index is 0.300. The average molecular weight is 472 g/mol. The van der Waals surface area contributed by atoms with E-state index < -0.39 is 17.5 Å². The molecule has 158 valence electrons. The Hall–Kier alpha value is -2.67. The minimum Gasteiger partial charge on any atom is -0.340 e. The van der Waals surface area contributed by atoms with E-state index in [0.29, 0.717) is 18.0 Å². The summed E-state index contributed by atoms with van der Waals surface area (Å²) in [6.45, 7) is 5.93. The Morgan fingerprint density at radius 3 is 2.37 bits per heavy atom. The number of likely N-dealkylation sites (N-methyl/N-ethyl adjacent to an activating group) is 1. The Morgan fingerprint density at radius 1 is 1.13 bits per heavy atom. The van der Waals surface area contributed by atoms with Gasteiger partial charge in [-0.3, -0.25) is 14.5 Å². The molecule has 0 radical (unpaired) electrons. The summed E-state index contributed by atoms with van der Waals surface area (Å²) in [7, 11) is 1.66. The van der Waals surface area contributed by atoms with Crippen LogP contribution in [0.1, 0.15) is 43.4 Å². The number of carbonyl (C=O) groups excluding carboxylic acids is 3. The largest absolute Gasteiger partial charge is 0.340 e. The zero-order valence-corrected chi connectivity index (χ0v) is 19.2. The Balaban J connectivity index is 1.72. The molecule has 1 atom stereocenters. The van der Waals surface area contributed by atoms with E-state index in [1.807, 2.05) is 48.5 Å². The quantitative estimate of drug-likeness (QED) is 0.647. The lowest BCUT2D eigenvalue weighted by Crippen LogP contribution is -2.43. The first kappa shape index (κ1) is 22.0. The fraction of sp³-hybridized carbons (Fsp3) is 0.348. The molecule has 1 aliphatic rings. The van der Waals surface area contributed by atoms with Crippen LogP contribution in [0.2, 0.25) is 0 Å². The first-order chi connectivity index (χ1) is 14.1. The van der Waals surface area contributed by atoms with Crippen molar-refractivity contribution in [1.29, 1.82) is 0 Å². The lowest BCUT2D eigenvalue weighted by Gasteiger charge is -2.24. The third-order valence-electron chi connectivity index (χ3n) is 5.51. The van der Waals surface area contributed by atoms with E-state index in [4.69, 9.17) is 0 Å². The predicted molar refractivity (Wildman–Crippen MR) is 119 cm³/mol. The highest BCUT2D eigenvalue weighted by Gasteiger charge is 2.49. The highest BCUT2D eigenvalue weighted by Crippen LogP contribution is 2.30. The smallest absolute Gasteiger partial charge is 0.325 e. The molecule has 1 N–H and O–H groups in total. The Morgan fingerprint density at radius 2 is 1.77 bits per heavy atom. The molecule has 0 bridgehead atoms. The molecule has 1 fully saturated rings. The third kappa shape index (κ3) is 4.26. The zero-order chi connectivity index (χ0) is 22.1. The van der Waals surface area contributed by atoms with Gasteiger partial charge < -0.3 is 10.2 Å². The van der Waals surface area contributed by atoms with Crippen LogP contribution in [-0.4, -0.2) is 41.2 Å². The first-order valence-corrected chi connectivity index (χ1v) is 10.6. The van der Waals surface area contributed by atoms with Gasteiger partial charge in [0.15, 0.2) is 0 Å². The summed E-state index contributed by atoms with van der Waals surface area (Å²) in [6.07, 6.45) is 0. The molecule has 2 aromatic carbocycles. The van der Waals surface area contributed by atoms with E-state index in [0.717, 1.165) is 20.5 Å². The maximum atomic E-state index is 13.1. The van der Waals surface area contributed by atoms with Gasteiger partial charge in [-0.1, -0.05) is 72.2 Å². The van der Waals surface area contributed by atoms with Crippen LogP contribution in [0.5, 0.6) is 0 Å². The Labute approximate surface area is 185 Å². The fourth-order valence-corrected chi connectivity index (χ4v) is 3.87. The number of carbonyl (C=O) groups is 3. The van der Waals surface area contributed by atoms with Gasteiger partial charge in [-0.05, 0) is 35.6 Å². The molecule has 30 heavy (non-hydrogen) atoms. The number of imide groups is 1. The van der Waals surface area contributed by atoms with Gasteiger partial charge >= 0.3 is 6.03 Å². The number of benzene rings is 2. The maximum Gasteiger partial charge on any atom is 0.325 e. The summed E-state index contributed by atoms with van der Waals surface area (Å²) in [6, 6.07) is 14.7. The van der Waals surface area contributed by atoms with Crippen LogP contribution < -0.4 is 5.32 Å². The summed E-state index contributed by atoms with van der Waals surface area (Å²) < 4.78 is 0.900. The van der Waals surface area contributed by atoms with Crippen molar-refractivity contribution < 1.29 is 14.4 Å². The van der Waals surface area contributed by atoms with E-state index in [9.17, 15) is 14.4 Å². The standard InChI is InChI=1S/C23H26BrN3O3/c1-15(2)16-9-11-18(12-10-16)23(3)21(29)27(22(30)25-23)14-20(28)26(4)13-17-7-5-6-8-19(17)24/h5-12,15H,13-14H2,1-4H3,(H,25,30). The number of amides is 4. The van der Waals surface area contributed by atoms with Crippen LogP contribution >= 0.6 is 15.9 Å². The van der Waals surface area contributed by atoms with Gasteiger partial charge in [-0.25, -0.2) is 4.79 Å². The van der Waals surface area contributed by atoms with E-state index in [1.165, 1.54) is 4.90 Å². The van der Waals surface area contributed by atoms with Gasteiger partial charge in [0.2, 0.25) is 5.91 Å². The fourth-order valence-electron chi connectivity index (χ4n) is 3.46. The number of nitrogens with one attached hydrogen (secondary N) is 1. The number of rotatable bonds is 6. The third-order valence-corrected chi connectivity index (χ3v) is 6.29. The lowest BCUT2D eigenvalue weighted by atomic mass is 9.90. The van der Waals surface area contributed by atoms with Crippen molar-refractivity contribution in [2.24, 2.45) is 0 Å². The molecular weight excluding hydrogens is 446 g/mol. The van der Waals surface area contributed by atoms with Crippen molar-refractivity contribution in [2.45, 2.75) is 38.8 Å². The van der Waals surface area contributed by atoms with Gasteiger partial charge in [0.1, 0.15) is 12.1 Å². The number of urea groups is 1. The second kappa shape index (κ2) is 8.60. The van der Waals surface area contributed by atoms with Gasteiger partial charge in [-0.2, -0.15) is 0 Å². The summed E-state index contributed by atoms with van der Waals surface area (Å²) in [5.74, 6) is -0.365. The summed E-state index contributed by atoms with van der Waals surface area (Å²) in [4.78, 5) is 40.8. The van der Waals surface area contributed by atoms with Gasteiger partial charge in [0, 0.05) is 18.1 Å². The highest BCUT2D eigenvalue weighted by molar-refractivity contribution is 9.10. The molecule has 1 aliphatic heterocycles. The molecule has 3 rings (SSSR count). The molecule has 1 saturated heterocycles. The summed E-state index contributed by atoms with van der Waals surface area (Å²) >= 11 is 3.47. The van der Waals surface area contributed by atoms with Crippen molar-refractivity contribution in [3.63, 3.8) is 0 Å². The van der Waals surface area contributed by atoms with E-state index >= 15 is 0 Å². The molecule has 2 aromatic rings. The summed E-state index contributed by atoms with van der Waals surface area (Å²) in [5.41, 5.74) is 1.61. The number of hydrogen-bond donors (Lipinski definition) is 1. The van der Waals surface area contributed by atoms with Crippen molar-refractivity contribution in [1.82, 2.24) is 15.1 Å². The van der Waals surface area contributed by atoms with Crippen molar-refractivity contribution in [3.8, 4) is 0 Å². The molecule has 4 amide bonds. The normalized spacial score (nSPS) is 18.7. The summed E-state index contributed by atoms with van der Waals surface area (Å²) in [5, 5.41) is 2.76. The average Bonchev–Trinajstić information content (AvgIpc) is 2.93. The van der Waals surface area contributed by atoms with Crippen LogP contribution in [0.15, 0.2) is 53.0 Å². The predicted octanol–water partition coefficient (Wildman–Crippen LogP) is 4.00. The number of halogens is 1. The minimum atomic E-state index is -1.19. The SMILES string of the molecule is CC(C)c1ccc(C2(C)NC(=O)N(CC(=O)N(C)Cc3ccccc3Br)C2=O)cc1. The van der Waals surface area contributed by atoms with Gasteiger partial charge in [0.05, 0.1) is 0 Å². The molecule has 0 saturated carbocycles. The van der Waals surface area contributed by atoms with E-state index in [2.05, 4.69) is 35.1 Å². The van der Waals surface area contributed by atoms with Crippen LogP contribution in [0, 0.1) is 0 Å². The molecule has 0 aromatic heterocycles. The first-order valence-electron chi connectivity index (χ1n) is 9.85. The lowest BCUT2D eigenvalue weighted by molar-refractivity contribution is -0.138. The monoisotopic (exact) mass is 471 g/mol.